The van der Waals surface area contributed by atoms with E-state index in [2.05, 4.69) is 26.1 Å². The Kier molecular flexibility index (Phi) is 5.44. The average Bonchev–Trinajstić information content (AvgIpc) is 2.27. The minimum Gasteiger partial charge on any atom is -0.352 e. The summed E-state index contributed by atoms with van der Waals surface area (Å²) in [4.78, 5) is 11.9. The van der Waals surface area contributed by atoms with Crippen LogP contribution in [-0.4, -0.2) is 18.0 Å². The maximum absolute atomic E-state index is 11.9. The predicted octanol–water partition coefficient (Wildman–Crippen LogP) is 2.30. The zero-order valence-corrected chi connectivity index (χ0v) is 11.7. The second-order valence-electron chi connectivity index (χ2n) is 5.96. The molecule has 17 heavy (non-hydrogen) atoms. The molecule has 1 rings (SSSR count). The quantitative estimate of drug-likeness (QED) is 0.792. The van der Waals surface area contributed by atoms with Crippen molar-refractivity contribution in [2.24, 2.45) is 23.5 Å². The Hall–Kier alpha value is -0.570. The summed E-state index contributed by atoms with van der Waals surface area (Å²) >= 11 is 0. The van der Waals surface area contributed by atoms with Gasteiger partial charge in [-0.3, -0.25) is 4.79 Å². The molecule has 0 aromatic rings. The Bertz CT molecular complexity index is 253. The number of hydrogen-bond donors (Lipinski definition) is 2. The van der Waals surface area contributed by atoms with E-state index in [9.17, 15) is 4.79 Å². The van der Waals surface area contributed by atoms with Gasteiger partial charge in [-0.05, 0) is 37.0 Å². The summed E-state index contributed by atoms with van der Waals surface area (Å²) in [7, 11) is 0. The molecule has 0 aromatic carbocycles. The highest BCUT2D eigenvalue weighted by Gasteiger charge is 2.32. The molecule has 0 bridgehead atoms. The number of amides is 1. The topological polar surface area (TPSA) is 55.1 Å². The van der Waals surface area contributed by atoms with E-state index >= 15 is 0 Å². The van der Waals surface area contributed by atoms with E-state index in [-0.39, 0.29) is 11.9 Å². The summed E-state index contributed by atoms with van der Waals surface area (Å²) in [5.41, 5.74) is 5.78. The molecule has 1 saturated carbocycles. The highest BCUT2D eigenvalue weighted by Crippen LogP contribution is 2.33. The third-order valence-electron chi connectivity index (χ3n) is 4.13. The number of carbonyl (C=O) groups is 1. The molecule has 0 aliphatic heterocycles. The first-order valence-electron chi connectivity index (χ1n) is 7.01. The first kappa shape index (κ1) is 14.5. The Balaban J connectivity index is 2.60. The zero-order chi connectivity index (χ0) is 13.0. The number of hydrogen-bond acceptors (Lipinski definition) is 2. The Labute approximate surface area is 106 Å². The first-order chi connectivity index (χ1) is 7.95. The van der Waals surface area contributed by atoms with E-state index in [1.165, 1.54) is 12.8 Å². The zero-order valence-electron chi connectivity index (χ0n) is 11.7. The molecule has 1 fully saturated rings. The van der Waals surface area contributed by atoms with Gasteiger partial charge in [-0.1, -0.05) is 34.1 Å². The van der Waals surface area contributed by atoms with Crippen molar-refractivity contribution in [2.45, 2.75) is 65.5 Å². The summed E-state index contributed by atoms with van der Waals surface area (Å²) in [6.07, 6.45) is 4.33. The van der Waals surface area contributed by atoms with Crippen LogP contribution in [0.3, 0.4) is 0 Å². The molecule has 3 nitrogen and oxygen atoms in total. The van der Waals surface area contributed by atoms with Crippen LogP contribution in [0.5, 0.6) is 0 Å². The van der Waals surface area contributed by atoms with Crippen molar-refractivity contribution >= 4 is 5.91 Å². The van der Waals surface area contributed by atoms with Crippen molar-refractivity contribution in [2.75, 3.05) is 0 Å². The molecule has 1 aliphatic rings. The number of carbonyl (C=O) groups excluding carboxylic acids is 1. The van der Waals surface area contributed by atoms with Gasteiger partial charge in [0.1, 0.15) is 0 Å². The molecule has 3 N–H and O–H groups in total. The lowest BCUT2D eigenvalue weighted by molar-refractivity contribution is -0.124. The van der Waals surface area contributed by atoms with Gasteiger partial charge in [0.05, 0.1) is 6.04 Å². The molecule has 1 amide bonds. The second kappa shape index (κ2) is 6.39. The van der Waals surface area contributed by atoms with Gasteiger partial charge >= 0.3 is 0 Å². The minimum absolute atomic E-state index is 0.0252. The number of rotatable bonds is 4. The van der Waals surface area contributed by atoms with Crippen LogP contribution in [0.1, 0.15) is 53.4 Å². The van der Waals surface area contributed by atoms with Crippen LogP contribution in [0.2, 0.25) is 0 Å². The second-order valence-corrected chi connectivity index (χ2v) is 5.96. The van der Waals surface area contributed by atoms with E-state index < -0.39 is 0 Å². The van der Waals surface area contributed by atoms with Gasteiger partial charge in [-0.15, -0.1) is 0 Å². The van der Waals surface area contributed by atoms with E-state index in [0.717, 1.165) is 6.42 Å². The third-order valence-corrected chi connectivity index (χ3v) is 4.13. The van der Waals surface area contributed by atoms with Crippen molar-refractivity contribution in [3.8, 4) is 0 Å². The lowest BCUT2D eigenvalue weighted by atomic mass is 9.74. The van der Waals surface area contributed by atoms with Crippen molar-refractivity contribution in [1.29, 1.82) is 0 Å². The molecule has 3 heteroatoms. The maximum atomic E-state index is 11.9. The summed E-state index contributed by atoms with van der Waals surface area (Å²) < 4.78 is 0. The van der Waals surface area contributed by atoms with E-state index in [1.54, 1.807) is 0 Å². The highest BCUT2D eigenvalue weighted by molar-refractivity contribution is 5.81. The average molecular weight is 240 g/mol. The van der Waals surface area contributed by atoms with Crippen molar-refractivity contribution in [3.63, 3.8) is 0 Å². The van der Waals surface area contributed by atoms with Crippen LogP contribution < -0.4 is 11.1 Å². The largest absolute Gasteiger partial charge is 0.352 e. The summed E-state index contributed by atoms with van der Waals surface area (Å²) in [6, 6.07) is -0.0242. The Morgan fingerprint density at radius 3 is 2.59 bits per heavy atom. The van der Waals surface area contributed by atoms with Crippen LogP contribution in [-0.2, 0) is 4.79 Å². The molecule has 0 radical (unpaired) electrons. The Morgan fingerprint density at radius 2 is 2.06 bits per heavy atom. The number of nitrogens with two attached hydrogens (primary N) is 1. The smallest absolute Gasteiger partial charge is 0.237 e. The molecule has 4 atom stereocenters. The van der Waals surface area contributed by atoms with Crippen LogP contribution in [0.25, 0.3) is 0 Å². The minimum atomic E-state index is -0.347. The SMILES string of the molecule is CCC(N)C(=O)NC1CC(C)CCC1C(C)C. The van der Waals surface area contributed by atoms with Gasteiger partial charge in [-0.25, -0.2) is 0 Å². The molecule has 100 valence electrons. The lowest BCUT2D eigenvalue weighted by Gasteiger charge is -2.38. The maximum Gasteiger partial charge on any atom is 0.237 e. The van der Waals surface area contributed by atoms with E-state index in [1.807, 2.05) is 6.92 Å². The molecule has 0 aromatic heterocycles. The first-order valence-corrected chi connectivity index (χ1v) is 7.01. The fraction of sp³-hybridized carbons (Fsp3) is 0.929. The van der Waals surface area contributed by atoms with Crippen LogP contribution in [0, 0.1) is 17.8 Å². The monoisotopic (exact) mass is 240 g/mol. The summed E-state index contributed by atoms with van der Waals surface area (Å²) in [5, 5.41) is 3.17. The van der Waals surface area contributed by atoms with E-state index in [4.69, 9.17) is 5.73 Å². The highest BCUT2D eigenvalue weighted by atomic mass is 16.2. The van der Waals surface area contributed by atoms with Gasteiger partial charge < -0.3 is 11.1 Å². The van der Waals surface area contributed by atoms with Gasteiger partial charge in [0.15, 0.2) is 0 Å². The van der Waals surface area contributed by atoms with Gasteiger partial charge in [0, 0.05) is 6.04 Å². The van der Waals surface area contributed by atoms with Crippen molar-refractivity contribution in [1.82, 2.24) is 5.32 Å². The van der Waals surface area contributed by atoms with Crippen LogP contribution >= 0.6 is 0 Å². The third kappa shape index (κ3) is 3.98. The standard InChI is InChI=1S/C14H28N2O/c1-5-12(15)14(17)16-13-8-10(4)6-7-11(13)9(2)3/h9-13H,5-8,15H2,1-4H3,(H,16,17). The summed E-state index contributed by atoms with van der Waals surface area (Å²) in [6.45, 7) is 8.72. The van der Waals surface area contributed by atoms with Gasteiger partial charge in [0.25, 0.3) is 0 Å². The molecule has 1 aliphatic carbocycles. The Morgan fingerprint density at radius 1 is 1.41 bits per heavy atom. The molecule has 0 heterocycles. The van der Waals surface area contributed by atoms with Crippen LogP contribution in [0.15, 0.2) is 0 Å². The summed E-state index contributed by atoms with van der Waals surface area (Å²) in [5.74, 6) is 1.98. The predicted molar refractivity (Wildman–Crippen MR) is 71.5 cm³/mol. The number of nitrogens with one attached hydrogen (secondary N) is 1. The molecular weight excluding hydrogens is 212 g/mol. The van der Waals surface area contributed by atoms with Crippen LogP contribution in [0.4, 0.5) is 0 Å². The van der Waals surface area contributed by atoms with E-state index in [0.29, 0.717) is 30.2 Å². The molecule has 0 saturated heterocycles. The lowest BCUT2D eigenvalue weighted by Crippen LogP contribution is -2.50. The molecule has 4 unspecified atom stereocenters. The fourth-order valence-corrected chi connectivity index (χ4v) is 2.84. The van der Waals surface area contributed by atoms with Gasteiger partial charge in [-0.2, -0.15) is 0 Å². The van der Waals surface area contributed by atoms with Crippen molar-refractivity contribution in [3.05, 3.63) is 0 Å². The van der Waals surface area contributed by atoms with Gasteiger partial charge in [0.2, 0.25) is 5.91 Å². The molecule has 0 spiro atoms. The normalized spacial score (nSPS) is 31.3. The molecular formula is C14H28N2O. The fourth-order valence-electron chi connectivity index (χ4n) is 2.84. The van der Waals surface area contributed by atoms with Crippen molar-refractivity contribution < 1.29 is 4.79 Å².